The van der Waals surface area contributed by atoms with E-state index in [-0.39, 0.29) is 0 Å². The van der Waals surface area contributed by atoms with E-state index in [9.17, 15) is 0 Å². The molecule has 0 fully saturated rings. The van der Waals surface area contributed by atoms with Crippen LogP contribution in [0.25, 0.3) is 0 Å². The van der Waals surface area contributed by atoms with Crippen LogP contribution >= 0.6 is 15.9 Å². The van der Waals surface area contributed by atoms with Gasteiger partial charge in [0.1, 0.15) is 12.4 Å². The molecular weight excluding hydrogens is 276 g/mol. The Labute approximate surface area is 111 Å². The molecule has 2 aromatic rings. The highest BCUT2D eigenvalue weighted by Gasteiger charge is 1.96. The van der Waals surface area contributed by atoms with Crippen LogP contribution in [0.15, 0.2) is 48.5 Å². The summed E-state index contributed by atoms with van der Waals surface area (Å²) < 4.78 is 5.72. The molecule has 0 amide bonds. The van der Waals surface area contributed by atoms with Gasteiger partial charge in [-0.05, 0) is 30.2 Å². The van der Waals surface area contributed by atoms with Crippen molar-refractivity contribution in [2.24, 2.45) is 0 Å². The molecule has 0 aliphatic carbocycles. The van der Waals surface area contributed by atoms with Gasteiger partial charge in [-0.3, -0.25) is 0 Å². The van der Waals surface area contributed by atoms with Crippen LogP contribution in [0, 0.1) is 6.92 Å². The van der Waals surface area contributed by atoms with E-state index in [1.54, 1.807) is 0 Å². The lowest BCUT2D eigenvalue weighted by Crippen LogP contribution is -1.95. The van der Waals surface area contributed by atoms with Gasteiger partial charge in [-0.25, -0.2) is 0 Å². The summed E-state index contributed by atoms with van der Waals surface area (Å²) in [5, 5.41) is 0.880. The Morgan fingerprint density at radius 2 is 1.47 bits per heavy atom. The van der Waals surface area contributed by atoms with Crippen molar-refractivity contribution in [3.8, 4) is 5.75 Å². The first-order valence-corrected chi connectivity index (χ1v) is 6.73. The average molecular weight is 291 g/mol. The molecule has 0 spiro atoms. The van der Waals surface area contributed by atoms with Gasteiger partial charge in [0.15, 0.2) is 0 Å². The second kappa shape index (κ2) is 5.87. The second-order valence-electron chi connectivity index (χ2n) is 4.05. The van der Waals surface area contributed by atoms with Gasteiger partial charge in [0.25, 0.3) is 0 Å². The van der Waals surface area contributed by atoms with Gasteiger partial charge in [0.2, 0.25) is 0 Å². The summed E-state index contributed by atoms with van der Waals surface area (Å²) in [6, 6.07) is 16.6. The van der Waals surface area contributed by atoms with Crippen LogP contribution in [0.1, 0.15) is 16.7 Å². The maximum Gasteiger partial charge on any atom is 0.119 e. The summed E-state index contributed by atoms with van der Waals surface area (Å²) in [5.74, 6) is 0.912. The summed E-state index contributed by atoms with van der Waals surface area (Å²) in [6.45, 7) is 2.71. The van der Waals surface area contributed by atoms with Crippen molar-refractivity contribution in [2.75, 3.05) is 0 Å². The van der Waals surface area contributed by atoms with Gasteiger partial charge in [0, 0.05) is 5.33 Å². The molecular formula is C15H15BrO. The van der Waals surface area contributed by atoms with Crippen LogP contribution in [-0.2, 0) is 11.9 Å². The third kappa shape index (κ3) is 3.60. The van der Waals surface area contributed by atoms with Gasteiger partial charge in [-0.15, -0.1) is 0 Å². The topological polar surface area (TPSA) is 9.23 Å². The van der Waals surface area contributed by atoms with E-state index >= 15 is 0 Å². The maximum absolute atomic E-state index is 5.72. The van der Waals surface area contributed by atoms with Gasteiger partial charge < -0.3 is 4.74 Å². The van der Waals surface area contributed by atoms with Gasteiger partial charge in [0.05, 0.1) is 0 Å². The monoisotopic (exact) mass is 290 g/mol. The molecule has 2 heteroatoms. The highest BCUT2D eigenvalue weighted by molar-refractivity contribution is 9.08. The van der Waals surface area contributed by atoms with E-state index in [1.807, 2.05) is 12.1 Å². The molecule has 0 aromatic heterocycles. The summed E-state index contributed by atoms with van der Waals surface area (Å²) in [7, 11) is 0. The summed E-state index contributed by atoms with van der Waals surface area (Å²) in [6.07, 6.45) is 0. The Bertz CT molecular complexity index is 459. The third-order valence-electron chi connectivity index (χ3n) is 2.60. The number of hydrogen-bond donors (Lipinski definition) is 0. The molecule has 88 valence electrons. The lowest BCUT2D eigenvalue weighted by atomic mass is 10.2. The molecule has 0 atom stereocenters. The Balaban J connectivity index is 1.95. The fraction of sp³-hybridized carbons (Fsp3) is 0.200. The largest absolute Gasteiger partial charge is 0.489 e. The predicted octanol–water partition coefficient (Wildman–Crippen LogP) is 4.47. The van der Waals surface area contributed by atoms with Crippen molar-refractivity contribution in [2.45, 2.75) is 18.9 Å². The Kier molecular flexibility index (Phi) is 4.21. The lowest BCUT2D eigenvalue weighted by Gasteiger charge is -2.07. The Morgan fingerprint density at radius 1 is 0.882 bits per heavy atom. The van der Waals surface area contributed by atoms with E-state index in [4.69, 9.17) is 4.74 Å². The van der Waals surface area contributed by atoms with E-state index in [0.717, 1.165) is 11.1 Å². The first-order chi connectivity index (χ1) is 8.28. The molecule has 0 saturated heterocycles. The normalized spacial score (nSPS) is 10.2. The number of aryl methyl sites for hydroxylation is 1. The molecule has 0 bridgehead atoms. The number of alkyl halides is 1. The summed E-state index contributed by atoms with van der Waals surface area (Å²) in [5.41, 5.74) is 3.73. The minimum Gasteiger partial charge on any atom is -0.489 e. The van der Waals surface area contributed by atoms with Gasteiger partial charge >= 0.3 is 0 Å². The van der Waals surface area contributed by atoms with Gasteiger partial charge in [-0.1, -0.05) is 57.9 Å². The van der Waals surface area contributed by atoms with Crippen molar-refractivity contribution in [1.29, 1.82) is 0 Å². The maximum atomic E-state index is 5.72. The SMILES string of the molecule is Cc1ccc(COc2ccc(CBr)cc2)cc1. The molecule has 0 heterocycles. The van der Waals surface area contributed by atoms with Crippen LogP contribution in [0.3, 0.4) is 0 Å². The number of benzene rings is 2. The zero-order valence-electron chi connectivity index (χ0n) is 9.82. The molecule has 0 aliphatic rings. The third-order valence-corrected chi connectivity index (χ3v) is 3.25. The highest BCUT2D eigenvalue weighted by atomic mass is 79.9. The Morgan fingerprint density at radius 3 is 2.06 bits per heavy atom. The number of halogens is 1. The van der Waals surface area contributed by atoms with Crippen molar-refractivity contribution in [1.82, 2.24) is 0 Å². The van der Waals surface area contributed by atoms with E-state index in [2.05, 4.69) is 59.3 Å². The lowest BCUT2D eigenvalue weighted by molar-refractivity contribution is 0.306. The highest BCUT2D eigenvalue weighted by Crippen LogP contribution is 2.15. The molecule has 2 aromatic carbocycles. The smallest absolute Gasteiger partial charge is 0.119 e. The van der Waals surface area contributed by atoms with E-state index in [1.165, 1.54) is 16.7 Å². The standard InChI is InChI=1S/C15H15BrO/c1-12-2-4-14(5-3-12)11-17-15-8-6-13(10-16)7-9-15/h2-9H,10-11H2,1H3. The minimum atomic E-state index is 0.619. The summed E-state index contributed by atoms with van der Waals surface area (Å²) >= 11 is 3.42. The molecule has 2 rings (SSSR count). The minimum absolute atomic E-state index is 0.619. The van der Waals surface area contributed by atoms with Crippen LogP contribution in [0.2, 0.25) is 0 Å². The number of hydrogen-bond acceptors (Lipinski definition) is 1. The fourth-order valence-corrected chi connectivity index (χ4v) is 1.90. The molecule has 1 nitrogen and oxygen atoms in total. The van der Waals surface area contributed by atoms with Crippen molar-refractivity contribution < 1.29 is 4.74 Å². The predicted molar refractivity (Wildman–Crippen MR) is 74.6 cm³/mol. The molecule has 0 radical (unpaired) electrons. The first kappa shape index (κ1) is 12.2. The molecule has 0 aliphatic heterocycles. The van der Waals surface area contributed by atoms with Crippen LogP contribution in [0.5, 0.6) is 5.75 Å². The first-order valence-electron chi connectivity index (χ1n) is 5.61. The number of rotatable bonds is 4. The molecule has 0 N–H and O–H groups in total. The average Bonchev–Trinajstić information content (AvgIpc) is 2.39. The van der Waals surface area contributed by atoms with Crippen LogP contribution in [-0.4, -0.2) is 0 Å². The van der Waals surface area contributed by atoms with Crippen molar-refractivity contribution in [3.63, 3.8) is 0 Å². The van der Waals surface area contributed by atoms with Crippen molar-refractivity contribution in [3.05, 3.63) is 65.2 Å². The molecule has 0 unspecified atom stereocenters. The zero-order valence-corrected chi connectivity index (χ0v) is 11.4. The number of ether oxygens (including phenoxy) is 1. The molecule has 17 heavy (non-hydrogen) atoms. The van der Waals surface area contributed by atoms with E-state index in [0.29, 0.717) is 6.61 Å². The fourth-order valence-electron chi connectivity index (χ4n) is 1.53. The van der Waals surface area contributed by atoms with Gasteiger partial charge in [-0.2, -0.15) is 0 Å². The Hall–Kier alpha value is -1.28. The van der Waals surface area contributed by atoms with Crippen LogP contribution in [0.4, 0.5) is 0 Å². The second-order valence-corrected chi connectivity index (χ2v) is 4.61. The van der Waals surface area contributed by atoms with E-state index < -0.39 is 0 Å². The quantitative estimate of drug-likeness (QED) is 0.755. The van der Waals surface area contributed by atoms with Crippen LogP contribution < -0.4 is 4.74 Å². The zero-order chi connectivity index (χ0) is 12.1. The summed E-state index contributed by atoms with van der Waals surface area (Å²) in [4.78, 5) is 0. The van der Waals surface area contributed by atoms with Crippen molar-refractivity contribution >= 4 is 15.9 Å². The molecule has 0 saturated carbocycles.